The van der Waals surface area contributed by atoms with Crippen LogP contribution >= 0.6 is 0 Å². The monoisotopic (exact) mass is 181 g/mol. The second-order valence-corrected chi connectivity index (χ2v) is 3.11. The maximum absolute atomic E-state index is 8.71. The molecule has 0 bridgehead atoms. The SMILES string of the molecule is CC(C)Oc1cccc(CCO)n1. The quantitative estimate of drug-likeness (QED) is 0.763. The lowest BCUT2D eigenvalue weighted by molar-refractivity contribution is 0.231. The number of aromatic nitrogens is 1. The molecule has 0 aliphatic heterocycles. The molecule has 3 heteroatoms. The molecular weight excluding hydrogens is 166 g/mol. The third kappa shape index (κ3) is 3.42. The molecule has 0 spiro atoms. The maximum Gasteiger partial charge on any atom is 0.213 e. The summed E-state index contributed by atoms with van der Waals surface area (Å²) < 4.78 is 5.41. The van der Waals surface area contributed by atoms with Crippen LogP contribution in [0, 0.1) is 0 Å². The molecule has 1 N–H and O–H groups in total. The number of pyridine rings is 1. The van der Waals surface area contributed by atoms with Crippen molar-refractivity contribution in [2.24, 2.45) is 0 Å². The Bertz CT molecular complexity index is 261. The van der Waals surface area contributed by atoms with E-state index in [1.54, 1.807) is 0 Å². The van der Waals surface area contributed by atoms with E-state index in [1.807, 2.05) is 32.0 Å². The Morgan fingerprint density at radius 2 is 2.23 bits per heavy atom. The van der Waals surface area contributed by atoms with Gasteiger partial charge in [0.05, 0.1) is 6.10 Å². The van der Waals surface area contributed by atoms with E-state index in [1.165, 1.54) is 0 Å². The molecule has 72 valence electrons. The summed E-state index contributed by atoms with van der Waals surface area (Å²) in [6.07, 6.45) is 0.715. The summed E-state index contributed by atoms with van der Waals surface area (Å²) in [6.45, 7) is 4.04. The number of rotatable bonds is 4. The zero-order valence-electron chi connectivity index (χ0n) is 8.03. The Kier molecular flexibility index (Phi) is 3.71. The van der Waals surface area contributed by atoms with Crippen molar-refractivity contribution in [1.29, 1.82) is 0 Å². The Labute approximate surface area is 78.4 Å². The molecule has 0 radical (unpaired) electrons. The highest BCUT2D eigenvalue weighted by Gasteiger charge is 1.99. The number of nitrogens with zero attached hydrogens (tertiary/aromatic N) is 1. The summed E-state index contributed by atoms with van der Waals surface area (Å²) in [5, 5.41) is 8.71. The molecule has 0 unspecified atom stereocenters. The van der Waals surface area contributed by atoms with E-state index in [4.69, 9.17) is 9.84 Å². The van der Waals surface area contributed by atoms with Crippen LogP contribution in [0.3, 0.4) is 0 Å². The Balaban J connectivity index is 2.67. The van der Waals surface area contributed by atoms with E-state index in [9.17, 15) is 0 Å². The first kappa shape index (κ1) is 9.99. The van der Waals surface area contributed by atoms with Crippen molar-refractivity contribution in [2.75, 3.05) is 6.61 Å². The van der Waals surface area contributed by atoms with Crippen LogP contribution in [0.5, 0.6) is 5.88 Å². The van der Waals surface area contributed by atoms with Gasteiger partial charge >= 0.3 is 0 Å². The average molecular weight is 181 g/mol. The molecule has 1 aromatic rings. The minimum Gasteiger partial charge on any atom is -0.475 e. The molecular formula is C10H15NO2. The number of aliphatic hydroxyl groups excluding tert-OH is 1. The number of hydrogen-bond acceptors (Lipinski definition) is 3. The lowest BCUT2D eigenvalue weighted by Gasteiger charge is -2.08. The Morgan fingerprint density at radius 1 is 1.46 bits per heavy atom. The molecule has 0 aromatic carbocycles. The van der Waals surface area contributed by atoms with Crippen LogP contribution in [0.15, 0.2) is 18.2 Å². The Morgan fingerprint density at radius 3 is 2.85 bits per heavy atom. The van der Waals surface area contributed by atoms with Gasteiger partial charge < -0.3 is 9.84 Å². The third-order valence-electron chi connectivity index (χ3n) is 1.51. The molecule has 1 rings (SSSR count). The van der Waals surface area contributed by atoms with Gasteiger partial charge in [0.2, 0.25) is 5.88 Å². The molecule has 0 aliphatic rings. The molecule has 0 aliphatic carbocycles. The van der Waals surface area contributed by atoms with Gasteiger partial charge in [-0.1, -0.05) is 6.07 Å². The normalized spacial score (nSPS) is 10.5. The minimum absolute atomic E-state index is 0.123. The predicted octanol–water partition coefficient (Wildman–Crippen LogP) is 1.40. The number of ether oxygens (including phenoxy) is 1. The van der Waals surface area contributed by atoms with Crippen LogP contribution in [0.2, 0.25) is 0 Å². The molecule has 1 aromatic heterocycles. The van der Waals surface area contributed by atoms with Crippen molar-refractivity contribution >= 4 is 0 Å². The highest BCUT2D eigenvalue weighted by atomic mass is 16.5. The summed E-state index contributed by atoms with van der Waals surface area (Å²) in [7, 11) is 0. The van der Waals surface area contributed by atoms with Gasteiger partial charge in [0, 0.05) is 24.8 Å². The smallest absolute Gasteiger partial charge is 0.213 e. The molecule has 0 saturated carbocycles. The third-order valence-corrected chi connectivity index (χ3v) is 1.51. The summed E-state index contributed by atoms with van der Waals surface area (Å²) in [6, 6.07) is 5.58. The van der Waals surface area contributed by atoms with Crippen LogP contribution in [0.25, 0.3) is 0 Å². The lowest BCUT2D eigenvalue weighted by Crippen LogP contribution is -2.07. The summed E-state index contributed by atoms with van der Waals surface area (Å²) >= 11 is 0. The molecule has 0 fully saturated rings. The van der Waals surface area contributed by atoms with Crippen molar-refractivity contribution in [3.05, 3.63) is 23.9 Å². The largest absolute Gasteiger partial charge is 0.475 e. The van der Waals surface area contributed by atoms with Gasteiger partial charge in [-0.15, -0.1) is 0 Å². The van der Waals surface area contributed by atoms with E-state index < -0.39 is 0 Å². The standard InChI is InChI=1S/C10H15NO2/c1-8(2)13-10-5-3-4-9(11-10)6-7-12/h3-5,8,12H,6-7H2,1-2H3. The van der Waals surface area contributed by atoms with E-state index in [2.05, 4.69) is 4.98 Å². The van der Waals surface area contributed by atoms with Crippen molar-refractivity contribution in [1.82, 2.24) is 4.98 Å². The van der Waals surface area contributed by atoms with Crippen molar-refractivity contribution < 1.29 is 9.84 Å². The van der Waals surface area contributed by atoms with Gasteiger partial charge in [-0.05, 0) is 19.9 Å². The fourth-order valence-electron chi connectivity index (χ4n) is 1.02. The second kappa shape index (κ2) is 4.82. The maximum atomic E-state index is 8.71. The zero-order chi connectivity index (χ0) is 9.68. The predicted molar refractivity (Wildman–Crippen MR) is 50.8 cm³/mol. The molecule has 0 saturated heterocycles. The van der Waals surface area contributed by atoms with E-state index >= 15 is 0 Å². The van der Waals surface area contributed by atoms with Gasteiger partial charge in [0.15, 0.2) is 0 Å². The van der Waals surface area contributed by atoms with Crippen LogP contribution in [0.1, 0.15) is 19.5 Å². The first-order valence-corrected chi connectivity index (χ1v) is 4.46. The van der Waals surface area contributed by atoms with E-state index in [0.29, 0.717) is 12.3 Å². The molecule has 3 nitrogen and oxygen atoms in total. The topological polar surface area (TPSA) is 42.4 Å². The fourth-order valence-corrected chi connectivity index (χ4v) is 1.02. The highest BCUT2D eigenvalue weighted by molar-refractivity contribution is 5.16. The van der Waals surface area contributed by atoms with Crippen LogP contribution in [-0.4, -0.2) is 22.8 Å². The molecule has 13 heavy (non-hydrogen) atoms. The number of aliphatic hydroxyl groups is 1. The lowest BCUT2D eigenvalue weighted by atomic mass is 10.3. The van der Waals surface area contributed by atoms with Crippen molar-refractivity contribution in [2.45, 2.75) is 26.4 Å². The average Bonchev–Trinajstić information content (AvgIpc) is 2.04. The Hall–Kier alpha value is -1.09. The number of hydrogen-bond donors (Lipinski definition) is 1. The summed E-state index contributed by atoms with van der Waals surface area (Å²) in [4.78, 5) is 4.22. The van der Waals surface area contributed by atoms with E-state index in [-0.39, 0.29) is 12.7 Å². The summed E-state index contributed by atoms with van der Waals surface area (Å²) in [5.41, 5.74) is 0.862. The highest BCUT2D eigenvalue weighted by Crippen LogP contribution is 2.09. The summed E-state index contributed by atoms with van der Waals surface area (Å²) in [5.74, 6) is 0.626. The first-order valence-electron chi connectivity index (χ1n) is 4.46. The van der Waals surface area contributed by atoms with Crippen LogP contribution in [0.4, 0.5) is 0 Å². The van der Waals surface area contributed by atoms with Crippen LogP contribution < -0.4 is 4.74 Å². The van der Waals surface area contributed by atoms with Gasteiger partial charge in [0.25, 0.3) is 0 Å². The van der Waals surface area contributed by atoms with Crippen LogP contribution in [-0.2, 0) is 6.42 Å². The molecule has 1 heterocycles. The first-order chi connectivity index (χ1) is 6.22. The van der Waals surface area contributed by atoms with Crippen molar-refractivity contribution in [3.63, 3.8) is 0 Å². The zero-order valence-corrected chi connectivity index (χ0v) is 8.03. The van der Waals surface area contributed by atoms with Gasteiger partial charge in [-0.2, -0.15) is 0 Å². The molecule has 0 amide bonds. The fraction of sp³-hybridized carbons (Fsp3) is 0.500. The van der Waals surface area contributed by atoms with Crippen molar-refractivity contribution in [3.8, 4) is 5.88 Å². The second-order valence-electron chi connectivity index (χ2n) is 3.11. The van der Waals surface area contributed by atoms with Gasteiger partial charge in [-0.25, -0.2) is 4.98 Å². The minimum atomic E-state index is 0.123. The van der Waals surface area contributed by atoms with Gasteiger partial charge in [-0.3, -0.25) is 0 Å². The molecule has 0 atom stereocenters. The van der Waals surface area contributed by atoms with E-state index in [0.717, 1.165) is 5.69 Å². The van der Waals surface area contributed by atoms with Gasteiger partial charge in [0.1, 0.15) is 0 Å².